The second-order valence-corrected chi connectivity index (χ2v) is 15.3. The van der Waals surface area contributed by atoms with Crippen molar-refractivity contribution in [1.29, 1.82) is 0 Å². The van der Waals surface area contributed by atoms with Crippen LogP contribution < -0.4 is 4.74 Å². The molecule has 11 nitrogen and oxygen atoms in total. The molecule has 0 atom stereocenters. The van der Waals surface area contributed by atoms with E-state index in [0.29, 0.717) is 36.0 Å². The average molecular weight is 797 g/mol. The lowest BCUT2D eigenvalue weighted by molar-refractivity contribution is -0.161. The Morgan fingerprint density at radius 3 is 1.82 bits per heavy atom. The lowest BCUT2D eigenvalue weighted by Crippen LogP contribution is -2.39. The second kappa shape index (κ2) is 16.8. The van der Waals surface area contributed by atoms with Crippen molar-refractivity contribution in [2.24, 2.45) is 5.41 Å². The standard InChI is InChI=1S/C49H44N6O5/c1-5-58-47-50-42-27-17-26-41(45(56)59-33-60-46(57)48(2,3)4)43(42)54(47)32-34-28-30-35(31-29-34)39-24-15-16-25-40(39)44-51-52-53-55(44)49(36-18-9-6-10-19-36,37-20-11-7-12-21-37)38-22-13-8-14-23-38/h6-31H,5,32-33H2,1-4H3. The third-order valence-electron chi connectivity index (χ3n) is 10.4. The number of carbonyl (C=O) groups excluding carboxylic acids is 2. The van der Waals surface area contributed by atoms with Gasteiger partial charge in [0.2, 0.25) is 6.79 Å². The molecule has 0 spiro atoms. The zero-order chi connectivity index (χ0) is 41.7. The molecular weight excluding hydrogens is 753 g/mol. The van der Waals surface area contributed by atoms with E-state index in [-0.39, 0.29) is 5.56 Å². The Labute approximate surface area is 348 Å². The SMILES string of the molecule is CCOc1nc2cccc(C(=O)OCOC(=O)C(C)(C)C)c2n1Cc1ccc(-c2ccccc2-c2nnnn2C(c2ccccc2)(c2ccccc2)c2ccccc2)cc1. The van der Waals surface area contributed by atoms with Gasteiger partial charge >= 0.3 is 11.9 Å². The van der Waals surface area contributed by atoms with Gasteiger partial charge in [-0.05, 0) is 83.6 Å². The first-order valence-corrected chi connectivity index (χ1v) is 19.8. The molecule has 300 valence electrons. The summed E-state index contributed by atoms with van der Waals surface area (Å²) in [5, 5.41) is 13.8. The van der Waals surface area contributed by atoms with Gasteiger partial charge in [-0.2, -0.15) is 4.98 Å². The number of hydrogen-bond acceptors (Lipinski definition) is 9. The molecule has 60 heavy (non-hydrogen) atoms. The zero-order valence-corrected chi connectivity index (χ0v) is 33.9. The van der Waals surface area contributed by atoms with Gasteiger partial charge in [0.25, 0.3) is 6.01 Å². The molecule has 0 radical (unpaired) electrons. The molecular formula is C49H44N6O5. The number of rotatable bonds is 13. The van der Waals surface area contributed by atoms with Crippen LogP contribution in [0.1, 0.15) is 60.3 Å². The van der Waals surface area contributed by atoms with Crippen LogP contribution in [0.3, 0.4) is 0 Å². The number of fused-ring (bicyclic) bond motifs is 1. The Kier molecular flexibility index (Phi) is 11.1. The monoisotopic (exact) mass is 796 g/mol. The number of aromatic nitrogens is 6. The third-order valence-corrected chi connectivity index (χ3v) is 10.4. The molecule has 0 saturated carbocycles. The fourth-order valence-electron chi connectivity index (χ4n) is 7.53. The summed E-state index contributed by atoms with van der Waals surface area (Å²) in [6.07, 6.45) is 0. The van der Waals surface area contributed by atoms with Gasteiger partial charge in [0.05, 0.1) is 35.2 Å². The van der Waals surface area contributed by atoms with E-state index in [2.05, 4.69) is 59.8 Å². The van der Waals surface area contributed by atoms with Crippen LogP contribution in [0.5, 0.6) is 6.01 Å². The first-order chi connectivity index (χ1) is 29.2. The average Bonchev–Trinajstić information content (AvgIpc) is 3.90. The van der Waals surface area contributed by atoms with Gasteiger partial charge < -0.3 is 14.2 Å². The largest absolute Gasteiger partial charge is 0.465 e. The summed E-state index contributed by atoms with van der Waals surface area (Å²) < 4.78 is 20.4. The number of hydrogen-bond donors (Lipinski definition) is 0. The molecule has 0 bridgehead atoms. The maximum atomic E-state index is 13.4. The molecule has 2 aromatic heterocycles. The Hall–Kier alpha value is -7.40. The molecule has 6 aromatic carbocycles. The van der Waals surface area contributed by atoms with E-state index >= 15 is 0 Å². The summed E-state index contributed by atoms with van der Waals surface area (Å²) >= 11 is 0. The highest BCUT2D eigenvalue weighted by atomic mass is 16.7. The maximum Gasteiger partial charge on any atom is 0.343 e. The van der Waals surface area contributed by atoms with Crippen molar-refractivity contribution in [3.05, 3.63) is 186 Å². The number of benzene rings is 6. The highest BCUT2D eigenvalue weighted by molar-refractivity contribution is 6.02. The van der Waals surface area contributed by atoms with Crippen molar-refractivity contribution < 1.29 is 23.8 Å². The zero-order valence-electron chi connectivity index (χ0n) is 33.9. The minimum atomic E-state index is -0.909. The quantitative estimate of drug-likeness (QED) is 0.0638. The van der Waals surface area contributed by atoms with Crippen LogP contribution in [0.4, 0.5) is 0 Å². The Morgan fingerprint density at radius 1 is 0.650 bits per heavy atom. The minimum Gasteiger partial charge on any atom is -0.465 e. The van der Waals surface area contributed by atoms with Crippen molar-refractivity contribution in [3.63, 3.8) is 0 Å². The van der Waals surface area contributed by atoms with Gasteiger partial charge in [-0.1, -0.05) is 146 Å². The topological polar surface area (TPSA) is 123 Å². The summed E-state index contributed by atoms with van der Waals surface area (Å²) in [4.78, 5) is 30.4. The number of ether oxygens (including phenoxy) is 3. The van der Waals surface area contributed by atoms with Crippen molar-refractivity contribution >= 4 is 23.0 Å². The predicted octanol–water partition coefficient (Wildman–Crippen LogP) is 9.35. The van der Waals surface area contributed by atoms with E-state index < -0.39 is 29.7 Å². The minimum absolute atomic E-state index is 0.276. The highest BCUT2D eigenvalue weighted by Gasteiger charge is 2.42. The third kappa shape index (κ3) is 7.53. The molecule has 0 fully saturated rings. The van der Waals surface area contributed by atoms with Crippen LogP contribution in [-0.2, 0) is 26.4 Å². The maximum absolute atomic E-state index is 13.4. The lowest BCUT2D eigenvalue weighted by atomic mass is 9.77. The Balaban J connectivity index is 1.16. The van der Waals surface area contributed by atoms with Crippen LogP contribution in [-0.4, -0.2) is 55.1 Å². The molecule has 0 aliphatic rings. The van der Waals surface area contributed by atoms with Gasteiger partial charge in [-0.15, -0.1) is 5.10 Å². The molecule has 0 saturated heterocycles. The van der Waals surface area contributed by atoms with Crippen molar-refractivity contribution in [1.82, 2.24) is 29.8 Å². The fourth-order valence-corrected chi connectivity index (χ4v) is 7.53. The fraction of sp³-hybridized carbons (Fsp3) is 0.184. The van der Waals surface area contributed by atoms with Crippen LogP contribution in [0.2, 0.25) is 0 Å². The Bertz CT molecular complexity index is 2640. The molecule has 11 heteroatoms. The molecule has 0 N–H and O–H groups in total. The summed E-state index contributed by atoms with van der Waals surface area (Å²) in [6.45, 7) is 7.31. The summed E-state index contributed by atoms with van der Waals surface area (Å²) in [6, 6.07) is 52.9. The number of carbonyl (C=O) groups is 2. The molecule has 8 rings (SSSR count). The molecule has 0 amide bonds. The van der Waals surface area contributed by atoms with E-state index in [9.17, 15) is 9.59 Å². The number of nitrogens with zero attached hydrogens (tertiary/aromatic N) is 6. The van der Waals surface area contributed by atoms with Gasteiger partial charge in [0.1, 0.15) is 5.54 Å². The Morgan fingerprint density at radius 2 is 1.23 bits per heavy atom. The summed E-state index contributed by atoms with van der Waals surface area (Å²) in [7, 11) is 0. The molecule has 0 aliphatic carbocycles. The summed E-state index contributed by atoms with van der Waals surface area (Å²) in [5.41, 5.74) is 6.50. The number of imidazole rings is 1. The summed E-state index contributed by atoms with van der Waals surface area (Å²) in [5.74, 6) is -0.511. The van der Waals surface area contributed by atoms with Crippen LogP contribution in [0.25, 0.3) is 33.5 Å². The molecule has 8 aromatic rings. The molecule has 0 aliphatic heterocycles. The van der Waals surface area contributed by atoms with Crippen molar-refractivity contribution in [3.8, 4) is 28.5 Å². The normalized spacial score (nSPS) is 11.7. The van der Waals surface area contributed by atoms with Crippen LogP contribution >= 0.6 is 0 Å². The van der Waals surface area contributed by atoms with E-state index in [4.69, 9.17) is 29.5 Å². The second-order valence-electron chi connectivity index (χ2n) is 15.3. The van der Waals surface area contributed by atoms with E-state index in [1.807, 2.05) is 107 Å². The number of esters is 2. The molecule has 0 unspecified atom stereocenters. The lowest BCUT2D eigenvalue weighted by Gasteiger charge is -2.36. The first kappa shape index (κ1) is 39.4. The van der Waals surface area contributed by atoms with Gasteiger partial charge in [0.15, 0.2) is 5.82 Å². The highest BCUT2D eigenvalue weighted by Crippen LogP contribution is 2.43. The number of para-hydroxylation sites is 1. The van der Waals surface area contributed by atoms with Crippen molar-refractivity contribution in [2.75, 3.05) is 13.4 Å². The van der Waals surface area contributed by atoms with E-state index in [1.54, 1.807) is 32.9 Å². The molecule has 2 heterocycles. The van der Waals surface area contributed by atoms with E-state index in [0.717, 1.165) is 38.9 Å². The van der Waals surface area contributed by atoms with Gasteiger partial charge in [0, 0.05) is 5.56 Å². The van der Waals surface area contributed by atoms with Crippen LogP contribution in [0.15, 0.2) is 158 Å². The number of tetrazole rings is 1. The van der Waals surface area contributed by atoms with Crippen LogP contribution in [0, 0.1) is 5.41 Å². The van der Waals surface area contributed by atoms with Crippen molar-refractivity contribution in [2.45, 2.75) is 39.8 Å². The smallest absolute Gasteiger partial charge is 0.343 e. The predicted molar refractivity (Wildman–Crippen MR) is 229 cm³/mol. The van der Waals surface area contributed by atoms with Gasteiger partial charge in [-0.3, -0.25) is 9.36 Å². The first-order valence-electron chi connectivity index (χ1n) is 19.8. The van der Waals surface area contributed by atoms with E-state index in [1.165, 1.54) is 0 Å². The van der Waals surface area contributed by atoms with Gasteiger partial charge in [-0.25, -0.2) is 9.48 Å².